The Bertz CT molecular complexity index is 514. The van der Waals surface area contributed by atoms with Crippen molar-refractivity contribution >= 4 is 11.8 Å². The lowest BCUT2D eigenvalue weighted by Crippen LogP contribution is -3.00. The van der Waals surface area contributed by atoms with Crippen LogP contribution in [0.3, 0.4) is 0 Å². The van der Waals surface area contributed by atoms with E-state index in [1.807, 2.05) is 19.9 Å². The fraction of sp³-hybridized carbons (Fsp3) is 0.438. The van der Waals surface area contributed by atoms with Crippen molar-refractivity contribution in [3.8, 4) is 0 Å². The molecule has 0 N–H and O–H groups in total. The molecule has 3 nitrogen and oxygen atoms in total. The van der Waals surface area contributed by atoms with Gasteiger partial charge in [-0.3, -0.25) is 0 Å². The Labute approximate surface area is 142 Å². The Morgan fingerprint density at radius 3 is 2.29 bits per heavy atom. The predicted octanol–water partition coefficient (Wildman–Crippen LogP) is 0.348. The van der Waals surface area contributed by atoms with E-state index in [-0.39, 0.29) is 17.0 Å². The van der Waals surface area contributed by atoms with Crippen LogP contribution in [-0.4, -0.2) is 15.7 Å². The zero-order valence-electron chi connectivity index (χ0n) is 12.6. The average Bonchev–Trinajstić information content (AvgIpc) is 2.43. The monoisotopic (exact) mass is 367 g/mol. The molecular weight excluding hydrogens is 346 g/mol. The van der Waals surface area contributed by atoms with E-state index in [1.165, 1.54) is 19.3 Å². The van der Waals surface area contributed by atoms with E-state index in [9.17, 15) is 0 Å². The second-order valence-electron chi connectivity index (χ2n) is 4.96. The summed E-state index contributed by atoms with van der Waals surface area (Å²) in [7, 11) is 0. The molecular formula is C16H22BrN3S. The zero-order chi connectivity index (χ0) is 14.2. The summed E-state index contributed by atoms with van der Waals surface area (Å²) in [6.07, 6.45) is 7.94. The maximum absolute atomic E-state index is 4.45. The summed E-state index contributed by atoms with van der Waals surface area (Å²) in [5.41, 5.74) is 2.11. The summed E-state index contributed by atoms with van der Waals surface area (Å²) >= 11 is 1.77. The molecule has 0 aliphatic carbocycles. The van der Waals surface area contributed by atoms with Crippen molar-refractivity contribution in [1.82, 2.24) is 9.97 Å². The normalized spacial score (nSPS) is 10.2. The van der Waals surface area contributed by atoms with Gasteiger partial charge in [0.05, 0.1) is 0 Å². The highest BCUT2D eigenvalue weighted by Crippen LogP contribution is 2.16. The lowest BCUT2D eigenvalue weighted by atomic mass is 10.2. The van der Waals surface area contributed by atoms with Crippen molar-refractivity contribution in [3.05, 3.63) is 48.0 Å². The minimum atomic E-state index is 0. The molecule has 114 valence electrons. The first-order valence-corrected chi connectivity index (χ1v) is 8.12. The van der Waals surface area contributed by atoms with E-state index in [1.54, 1.807) is 11.8 Å². The number of aryl methyl sites for hydroxylation is 3. The minimum Gasteiger partial charge on any atom is -1.00 e. The van der Waals surface area contributed by atoms with Crippen molar-refractivity contribution in [1.29, 1.82) is 0 Å². The van der Waals surface area contributed by atoms with Gasteiger partial charge in [0, 0.05) is 35.7 Å². The third-order valence-corrected chi connectivity index (χ3v) is 3.96. The first-order chi connectivity index (χ1) is 9.74. The molecule has 0 fully saturated rings. The summed E-state index contributed by atoms with van der Waals surface area (Å²) in [5.74, 6) is 1.10. The van der Waals surface area contributed by atoms with Gasteiger partial charge in [-0.15, -0.1) is 0 Å². The molecule has 0 radical (unpaired) electrons. The molecule has 0 spiro atoms. The minimum absolute atomic E-state index is 0. The topological polar surface area (TPSA) is 29.7 Å². The van der Waals surface area contributed by atoms with Gasteiger partial charge in [-0.1, -0.05) is 17.8 Å². The van der Waals surface area contributed by atoms with E-state index >= 15 is 0 Å². The summed E-state index contributed by atoms with van der Waals surface area (Å²) in [6, 6.07) is 8.22. The molecule has 0 aliphatic rings. The van der Waals surface area contributed by atoms with Crippen LogP contribution in [0.4, 0.5) is 0 Å². The maximum atomic E-state index is 4.45. The van der Waals surface area contributed by atoms with E-state index in [0.29, 0.717) is 0 Å². The van der Waals surface area contributed by atoms with Crippen molar-refractivity contribution in [2.45, 2.75) is 44.8 Å². The van der Waals surface area contributed by atoms with Gasteiger partial charge in [-0.05, 0) is 32.8 Å². The number of hydrogen-bond donors (Lipinski definition) is 0. The highest BCUT2D eigenvalue weighted by Gasteiger charge is 2.01. The summed E-state index contributed by atoms with van der Waals surface area (Å²) < 4.78 is 2.24. The maximum Gasteiger partial charge on any atom is 0.187 e. The third kappa shape index (κ3) is 7.05. The number of nitrogens with zero attached hydrogens (tertiary/aromatic N) is 3. The quantitative estimate of drug-likeness (QED) is 0.306. The standard InChI is InChI=1S/C16H22N3S.BrH/c1-14-13-15(2)18-16(17-14)20-12-8-4-7-11-19-9-5-3-6-10-19;/h3,5-6,9-10,13H,4,7-8,11-12H2,1-2H3;1H/q+1;/p-1. The molecule has 2 heterocycles. The smallest absolute Gasteiger partial charge is 0.187 e. The number of pyridine rings is 1. The summed E-state index contributed by atoms with van der Waals surface area (Å²) in [6.45, 7) is 5.15. The van der Waals surface area contributed by atoms with E-state index in [0.717, 1.165) is 28.8 Å². The zero-order valence-corrected chi connectivity index (χ0v) is 15.0. The van der Waals surface area contributed by atoms with Crippen molar-refractivity contribution in [3.63, 3.8) is 0 Å². The molecule has 2 rings (SSSR count). The van der Waals surface area contributed by atoms with Gasteiger partial charge in [-0.2, -0.15) is 0 Å². The molecule has 0 bridgehead atoms. The molecule has 2 aromatic rings. The fourth-order valence-electron chi connectivity index (χ4n) is 2.08. The summed E-state index contributed by atoms with van der Waals surface area (Å²) in [5, 5.41) is 0.917. The van der Waals surface area contributed by atoms with Gasteiger partial charge in [-0.25, -0.2) is 14.5 Å². The van der Waals surface area contributed by atoms with E-state index in [2.05, 4.69) is 45.1 Å². The lowest BCUT2D eigenvalue weighted by molar-refractivity contribution is -0.697. The molecule has 0 saturated carbocycles. The Kier molecular flexibility index (Phi) is 8.54. The number of unbranched alkanes of at least 4 members (excludes halogenated alkanes) is 2. The molecule has 0 aliphatic heterocycles. The predicted molar refractivity (Wildman–Crippen MR) is 82.7 cm³/mol. The number of halogens is 1. The lowest BCUT2D eigenvalue weighted by Gasteiger charge is -2.02. The van der Waals surface area contributed by atoms with Crippen LogP contribution >= 0.6 is 11.8 Å². The van der Waals surface area contributed by atoms with Gasteiger partial charge in [0.25, 0.3) is 0 Å². The number of hydrogen-bond acceptors (Lipinski definition) is 3. The van der Waals surface area contributed by atoms with Crippen LogP contribution in [0, 0.1) is 13.8 Å². The first kappa shape index (κ1) is 18.1. The Balaban J connectivity index is 0.00000220. The molecule has 0 aromatic carbocycles. The molecule has 21 heavy (non-hydrogen) atoms. The molecule has 0 amide bonds. The van der Waals surface area contributed by atoms with Crippen LogP contribution in [0.25, 0.3) is 0 Å². The van der Waals surface area contributed by atoms with Crippen LogP contribution in [-0.2, 0) is 6.54 Å². The molecule has 5 heteroatoms. The van der Waals surface area contributed by atoms with Gasteiger partial charge >= 0.3 is 0 Å². The second-order valence-corrected chi connectivity index (χ2v) is 6.02. The van der Waals surface area contributed by atoms with Gasteiger partial charge in [0.1, 0.15) is 6.54 Å². The second kappa shape index (κ2) is 9.90. The Morgan fingerprint density at radius 1 is 0.952 bits per heavy atom. The SMILES string of the molecule is Cc1cc(C)nc(SCCCCC[n+]2ccccc2)n1.[Br-]. The van der Waals surface area contributed by atoms with Crippen LogP contribution in [0.1, 0.15) is 30.7 Å². The number of rotatable bonds is 7. The molecule has 0 saturated heterocycles. The fourth-order valence-corrected chi connectivity index (χ4v) is 3.03. The van der Waals surface area contributed by atoms with Gasteiger partial charge < -0.3 is 17.0 Å². The molecule has 2 aromatic heterocycles. The van der Waals surface area contributed by atoms with E-state index < -0.39 is 0 Å². The Morgan fingerprint density at radius 2 is 1.62 bits per heavy atom. The number of thioether (sulfide) groups is 1. The van der Waals surface area contributed by atoms with Crippen LogP contribution < -0.4 is 21.5 Å². The van der Waals surface area contributed by atoms with Gasteiger partial charge in [0.15, 0.2) is 17.6 Å². The van der Waals surface area contributed by atoms with Crippen molar-refractivity contribution < 1.29 is 21.5 Å². The van der Waals surface area contributed by atoms with Crippen LogP contribution in [0.15, 0.2) is 41.8 Å². The highest BCUT2D eigenvalue weighted by atomic mass is 79.9. The highest BCUT2D eigenvalue weighted by molar-refractivity contribution is 7.99. The largest absolute Gasteiger partial charge is 1.00 e. The summed E-state index contributed by atoms with van der Waals surface area (Å²) in [4.78, 5) is 8.89. The average molecular weight is 368 g/mol. The van der Waals surface area contributed by atoms with Crippen LogP contribution in [0.5, 0.6) is 0 Å². The van der Waals surface area contributed by atoms with Crippen molar-refractivity contribution in [2.75, 3.05) is 5.75 Å². The third-order valence-electron chi connectivity index (χ3n) is 3.03. The van der Waals surface area contributed by atoms with Crippen molar-refractivity contribution in [2.24, 2.45) is 0 Å². The van der Waals surface area contributed by atoms with Crippen LogP contribution in [0.2, 0.25) is 0 Å². The Hall–Kier alpha value is -0.940. The van der Waals surface area contributed by atoms with E-state index in [4.69, 9.17) is 0 Å². The molecule has 0 unspecified atom stereocenters. The first-order valence-electron chi connectivity index (χ1n) is 7.13. The number of aromatic nitrogens is 3. The molecule has 0 atom stereocenters. The van der Waals surface area contributed by atoms with Gasteiger partial charge in [0.2, 0.25) is 0 Å².